The van der Waals surface area contributed by atoms with E-state index in [1.165, 1.54) is 4.90 Å². The lowest BCUT2D eigenvalue weighted by Crippen LogP contribution is -2.37. The molecule has 2 heterocycles. The molecule has 0 N–H and O–H groups in total. The van der Waals surface area contributed by atoms with Gasteiger partial charge < -0.3 is 4.74 Å². The summed E-state index contributed by atoms with van der Waals surface area (Å²) < 4.78 is 6.33. The second-order valence-corrected chi connectivity index (χ2v) is 10.1. The Hall–Kier alpha value is -4.02. The molecule has 0 aromatic heterocycles. The monoisotopic (exact) mass is 616 g/mol. The van der Waals surface area contributed by atoms with Crippen molar-refractivity contribution in [2.45, 2.75) is 12.1 Å². The molecule has 0 aliphatic carbocycles. The zero-order valence-corrected chi connectivity index (χ0v) is 22.1. The number of imide groups is 1. The third kappa shape index (κ3) is 4.25. The minimum Gasteiger partial charge on any atom is -0.423 e. The quantitative estimate of drug-likeness (QED) is 0.127. The Labute approximate surface area is 232 Å². The normalized spacial score (nSPS) is 20.5. The van der Waals surface area contributed by atoms with E-state index in [1.54, 1.807) is 65.7 Å². The maximum absolute atomic E-state index is 13.8. The number of esters is 1. The van der Waals surface area contributed by atoms with Crippen molar-refractivity contribution in [2.24, 2.45) is 5.92 Å². The highest BCUT2D eigenvalue weighted by molar-refractivity contribution is 14.1. The van der Waals surface area contributed by atoms with Crippen molar-refractivity contribution in [2.75, 3.05) is 9.96 Å². The number of fused-ring (bicyclic) bond motifs is 1. The van der Waals surface area contributed by atoms with Crippen molar-refractivity contribution in [3.63, 3.8) is 0 Å². The van der Waals surface area contributed by atoms with Crippen LogP contribution in [-0.4, -0.2) is 23.9 Å². The molecule has 7 nitrogen and oxygen atoms in total. The van der Waals surface area contributed by atoms with Gasteiger partial charge in [0.2, 0.25) is 5.91 Å². The number of carbonyl (C=O) groups excluding carboxylic acids is 3. The summed E-state index contributed by atoms with van der Waals surface area (Å²) in [6.07, 6.45) is -0.959. The Morgan fingerprint density at radius 1 is 0.763 bits per heavy atom. The predicted octanol–water partition coefficient (Wildman–Crippen LogP) is 5.56. The van der Waals surface area contributed by atoms with Crippen LogP contribution < -0.4 is 14.7 Å². The molecule has 2 aliphatic rings. The zero-order valence-electron chi connectivity index (χ0n) is 19.9. The zero-order chi connectivity index (χ0) is 26.2. The van der Waals surface area contributed by atoms with Gasteiger partial charge in [-0.05, 0) is 76.7 Å². The van der Waals surface area contributed by atoms with E-state index in [-0.39, 0.29) is 11.8 Å². The Balaban J connectivity index is 1.34. The molecule has 0 bridgehead atoms. The topological polar surface area (TPSA) is 76.2 Å². The predicted molar refractivity (Wildman–Crippen MR) is 150 cm³/mol. The fraction of sp³-hybridized carbons (Fsp3) is 0.100. The Kier molecular flexibility index (Phi) is 6.42. The third-order valence-corrected chi connectivity index (χ3v) is 7.57. The molecule has 2 fully saturated rings. The number of benzene rings is 4. The average molecular weight is 616 g/mol. The largest absolute Gasteiger partial charge is 0.423 e. The second kappa shape index (κ2) is 10.0. The number of hydroxylamine groups is 1. The van der Waals surface area contributed by atoms with E-state index >= 15 is 0 Å². The van der Waals surface area contributed by atoms with Crippen molar-refractivity contribution >= 4 is 51.7 Å². The van der Waals surface area contributed by atoms with Crippen LogP contribution in [0.15, 0.2) is 109 Å². The van der Waals surface area contributed by atoms with Crippen molar-refractivity contribution in [3.05, 3.63) is 124 Å². The van der Waals surface area contributed by atoms with Crippen molar-refractivity contribution in [3.8, 4) is 5.75 Å². The maximum atomic E-state index is 13.8. The van der Waals surface area contributed by atoms with E-state index in [0.29, 0.717) is 17.0 Å². The maximum Gasteiger partial charge on any atom is 0.343 e. The molecule has 0 radical (unpaired) electrons. The number of ether oxygens (including phenoxy) is 1. The van der Waals surface area contributed by atoms with E-state index < -0.39 is 24.0 Å². The lowest BCUT2D eigenvalue weighted by atomic mass is 9.90. The highest BCUT2D eigenvalue weighted by atomic mass is 127. The highest BCUT2D eigenvalue weighted by Gasteiger charge is 2.60. The van der Waals surface area contributed by atoms with Crippen molar-refractivity contribution in [1.82, 2.24) is 0 Å². The molecule has 8 heteroatoms. The van der Waals surface area contributed by atoms with Crippen LogP contribution in [0.25, 0.3) is 0 Å². The summed E-state index contributed by atoms with van der Waals surface area (Å²) in [6, 6.07) is 31.8. The van der Waals surface area contributed by atoms with Gasteiger partial charge >= 0.3 is 5.97 Å². The molecule has 6 rings (SSSR count). The molecule has 0 unspecified atom stereocenters. The fourth-order valence-electron chi connectivity index (χ4n) is 4.90. The van der Waals surface area contributed by atoms with Gasteiger partial charge in [0.05, 0.1) is 23.0 Å². The second-order valence-electron chi connectivity index (χ2n) is 8.95. The minimum absolute atomic E-state index is 0.313. The molecule has 0 saturated carbocycles. The van der Waals surface area contributed by atoms with Crippen molar-refractivity contribution < 1.29 is 24.0 Å². The number of rotatable bonds is 5. The lowest BCUT2D eigenvalue weighted by Gasteiger charge is -2.29. The van der Waals surface area contributed by atoms with Crippen LogP contribution in [-0.2, 0) is 14.4 Å². The van der Waals surface area contributed by atoms with Gasteiger partial charge in [-0.25, -0.2) is 14.8 Å². The number of halogens is 1. The smallest absolute Gasteiger partial charge is 0.343 e. The molecule has 4 aromatic rings. The number of hydrogen-bond donors (Lipinski definition) is 0. The summed E-state index contributed by atoms with van der Waals surface area (Å²) in [5, 5.41) is 1.64. The standard InChI is InChI=1S/C30H21IN2O5/c31-23-13-7-8-14-24(23)32-28(34)25-26(33(38-27(25)29(32)35)21-11-5-2-6-12-21)19-15-17-22(18-16-19)37-30(36)20-9-3-1-4-10-20/h1-18,25-27H/t25-,26+,27-/m0/s1. The highest BCUT2D eigenvalue weighted by Crippen LogP contribution is 2.48. The molecule has 2 aliphatic heterocycles. The number of carbonyl (C=O) groups is 3. The summed E-state index contributed by atoms with van der Waals surface area (Å²) in [4.78, 5) is 47.2. The van der Waals surface area contributed by atoms with Gasteiger partial charge in [-0.3, -0.25) is 14.4 Å². The molecular formula is C30H21IN2O5. The number of nitrogens with zero attached hydrogens (tertiary/aromatic N) is 2. The summed E-state index contributed by atoms with van der Waals surface area (Å²) in [5.74, 6) is -1.54. The van der Waals surface area contributed by atoms with Gasteiger partial charge in [0.25, 0.3) is 5.91 Å². The van der Waals surface area contributed by atoms with E-state index in [0.717, 1.165) is 14.8 Å². The van der Waals surface area contributed by atoms with Gasteiger partial charge in [-0.1, -0.05) is 60.7 Å². The summed E-state index contributed by atoms with van der Waals surface area (Å²) in [5.41, 5.74) is 2.48. The number of para-hydroxylation sites is 2. The van der Waals surface area contributed by atoms with Gasteiger partial charge in [-0.2, -0.15) is 0 Å². The van der Waals surface area contributed by atoms with E-state index in [2.05, 4.69) is 22.6 Å². The van der Waals surface area contributed by atoms with Crippen LogP contribution >= 0.6 is 22.6 Å². The number of amides is 2. The number of hydrogen-bond acceptors (Lipinski definition) is 6. The van der Waals surface area contributed by atoms with E-state index in [1.807, 2.05) is 48.5 Å². The summed E-state index contributed by atoms with van der Waals surface area (Å²) >= 11 is 2.12. The average Bonchev–Trinajstić information content (AvgIpc) is 3.46. The van der Waals surface area contributed by atoms with E-state index in [4.69, 9.17) is 9.57 Å². The number of anilines is 2. The fourth-order valence-corrected chi connectivity index (χ4v) is 5.52. The van der Waals surface area contributed by atoms with Crippen LogP contribution in [0.1, 0.15) is 22.0 Å². The van der Waals surface area contributed by atoms with Gasteiger partial charge in [0.1, 0.15) is 11.7 Å². The SMILES string of the molecule is O=C(Oc1ccc([C@@H]2[C@@H]3C(=O)N(c4ccccc4I)C(=O)[C@H]3ON2c2ccccc2)cc1)c1ccccc1. The third-order valence-electron chi connectivity index (χ3n) is 6.66. The lowest BCUT2D eigenvalue weighted by molar-refractivity contribution is -0.126. The van der Waals surface area contributed by atoms with Gasteiger partial charge in [0, 0.05) is 3.57 Å². The van der Waals surface area contributed by atoms with Crippen LogP contribution in [0.2, 0.25) is 0 Å². The van der Waals surface area contributed by atoms with E-state index in [9.17, 15) is 14.4 Å². The molecule has 2 amide bonds. The molecule has 3 atom stereocenters. The Morgan fingerprint density at radius 2 is 1.39 bits per heavy atom. The minimum atomic E-state index is -0.959. The Bertz CT molecular complexity index is 1510. The first-order chi connectivity index (χ1) is 18.5. The molecule has 188 valence electrons. The van der Waals surface area contributed by atoms with Crippen LogP contribution in [0, 0.1) is 9.49 Å². The Morgan fingerprint density at radius 3 is 2.08 bits per heavy atom. The molecule has 38 heavy (non-hydrogen) atoms. The molecular weight excluding hydrogens is 595 g/mol. The first-order valence-electron chi connectivity index (χ1n) is 12.0. The van der Waals surface area contributed by atoms with Gasteiger partial charge in [-0.15, -0.1) is 0 Å². The van der Waals surface area contributed by atoms with Crippen LogP contribution in [0.4, 0.5) is 11.4 Å². The van der Waals surface area contributed by atoms with Crippen molar-refractivity contribution in [1.29, 1.82) is 0 Å². The van der Waals surface area contributed by atoms with Crippen LogP contribution in [0.5, 0.6) is 5.75 Å². The molecule has 0 spiro atoms. The summed E-state index contributed by atoms with van der Waals surface area (Å²) in [6.45, 7) is 0. The molecule has 4 aromatic carbocycles. The first-order valence-corrected chi connectivity index (χ1v) is 13.1. The first kappa shape index (κ1) is 24.3. The van der Waals surface area contributed by atoms with Gasteiger partial charge in [0.15, 0.2) is 6.10 Å². The summed E-state index contributed by atoms with van der Waals surface area (Å²) in [7, 11) is 0. The van der Waals surface area contributed by atoms with Crippen LogP contribution in [0.3, 0.4) is 0 Å². The molecule has 2 saturated heterocycles.